The van der Waals surface area contributed by atoms with Crippen molar-refractivity contribution in [1.29, 1.82) is 0 Å². The highest BCUT2D eigenvalue weighted by Gasteiger charge is 2.22. The van der Waals surface area contributed by atoms with Crippen LogP contribution in [0.5, 0.6) is 11.5 Å². The Labute approximate surface area is 90.2 Å². The summed E-state index contributed by atoms with van der Waals surface area (Å²) in [6.45, 7) is 0. The van der Waals surface area contributed by atoms with Gasteiger partial charge in [0.15, 0.2) is 11.5 Å². The maximum absolute atomic E-state index is 13.6. The van der Waals surface area contributed by atoms with E-state index >= 15 is 0 Å². The number of rotatable bonds is 3. The molecule has 0 saturated carbocycles. The van der Waals surface area contributed by atoms with Gasteiger partial charge in [-0.3, -0.25) is 0 Å². The molecule has 0 amide bonds. The third-order valence-corrected chi connectivity index (χ3v) is 2.05. The molecule has 15 heavy (non-hydrogen) atoms. The predicted molar refractivity (Wildman–Crippen MR) is 51.5 cm³/mol. The van der Waals surface area contributed by atoms with Crippen molar-refractivity contribution in [3.05, 3.63) is 22.5 Å². The second-order valence-electron chi connectivity index (χ2n) is 2.59. The van der Waals surface area contributed by atoms with Crippen LogP contribution in [-0.4, -0.2) is 25.3 Å². The molecule has 82 valence electrons. The zero-order valence-corrected chi connectivity index (χ0v) is 8.76. The van der Waals surface area contributed by atoms with Gasteiger partial charge in [-0.2, -0.15) is 4.39 Å². The van der Waals surface area contributed by atoms with Crippen molar-refractivity contribution in [3.63, 3.8) is 0 Å². The smallest absolute Gasteiger partial charge is 0.339 e. The van der Waals surface area contributed by atoms with Gasteiger partial charge in [0.2, 0.25) is 5.82 Å². The predicted octanol–water partition coefficient (Wildman–Crippen LogP) is 2.19. The van der Waals surface area contributed by atoms with Crippen LogP contribution in [-0.2, 0) is 0 Å². The van der Waals surface area contributed by atoms with Crippen LogP contribution >= 0.6 is 11.6 Å². The number of benzene rings is 1. The van der Waals surface area contributed by atoms with E-state index in [1.54, 1.807) is 0 Å². The van der Waals surface area contributed by atoms with Gasteiger partial charge in [0.05, 0.1) is 19.2 Å². The number of aromatic carboxylic acids is 1. The lowest BCUT2D eigenvalue weighted by Crippen LogP contribution is -2.04. The lowest BCUT2D eigenvalue weighted by molar-refractivity contribution is 0.0692. The molecule has 1 aromatic rings. The van der Waals surface area contributed by atoms with E-state index in [4.69, 9.17) is 16.7 Å². The molecule has 0 fully saturated rings. The van der Waals surface area contributed by atoms with Crippen molar-refractivity contribution in [2.75, 3.05) is 14.2 Å². The molecule has 0 bridgehead atoms. The summed E-state index contributed by atoms with van der Waals surface area (Å²) in [5.41, 5.74) is -0.346. The van der Waals surface area contributed by atoms with Crippen molar-refractivity contribution in [2.45, 2.75) is 0 Å². The number of carboxylic acid groups (broad SMARTS) is 1. The lowest BCUT2D eigenvalue weighted by atomic mass is 10.2. The first-order valence-corrected chi connectivity index (χ1v) is 4.24. The molecule has 1 aromatic carbocycles. The Hall–Kier alpha value is -1.49. The highest BCUT2D eigenvalue weighted by Crippen LogP contribution is 2.36. The second kappa shape index (κ2) is 4.35. The van der Waals surface area contributed by atoms with Crippen molar-refractivity contribution in [1.82, 2.24) is 0 Å². The summed E-state index contributed by atoms with van der Waals surface area (Å²) in [6.07, 6.45) is 0. The van der Waals surface area contributed by atoms with Crippen LogP contribution in [0, 0.1) is 5.82 Å². The molecule has 0 heterocycles. The topological polar surface area (TPSA) is 55.8 Å². The first-order valence-electron chi connectivity index (χ1n) is 3.86. The normalized spacial score (nSPS) is 9.87. The fraction of sp³-hybridized carbons (Fsp3) is 0.222. The standard InChI is InChI=1S/C9H8ClFO4/c1-14-7-4(9(12)13)3-5(10)8(15-2)6(7)11/h3H,1-2H3,(H,12,13). The van der Waals surface area contributed by atoms with E-state index in [2.05, 4.69) is 9.47 Å². The van der Waals surface area contributed by atoms with Gasteiger partial charge < -0.3 is 14.6 Å². The first kappa shape index (κ1) is 11.6. The van der Waals surface area contributed by atoms with E-state index in [1.165, 1.54) is 7.11 Å². The van der Waals surface area contributed by atoms with Crippen LogP contribution in [0.2, 0.25) is 5.02 Å². The lowest BCUT2D eigenvalue weighted by Gasteiger charge is -2.10. The molecular formula is C9H8ClFO4. The molecular weight excluding hydrogens is 227 g/mol. The maximum atomic E-state index is 13.6. The zero-order valence-electron chi connectivity index (χ0n) is 8.01. The summed E-state index contributed by atoms with van der Waals surface area (Å²) in [6, 6.07) is 1.07. The molecule has 0 radical (unpaired) electrons. The van der Waals surface area contributed by atoms with Gasteiger partial charge in [-0.05, 0) is 6.07 Å². The molecule has 0 saturated heterocycles. The van der Waals surface area contributed by atoms with Gasteiger partial charge in [0.1, 0.15) is 5.56 Å². The third kappa shape index (κ3) is 1.97. The van der Waals surface area contributed by atoms with Crippen molar-refractivity contribution in [2.24, 2.45) is 0 Å². The van der Waals surface area contributed by atoms with Gasteiger partial charge in [0.25, 0.3) is 0 Å². The molecule has 1 rings (SSSR count). The summed E-state index contributed by atoms with van der Waals surface area (Å²) >= 11 is 5.62. The van der Waals surface area contributed by atoms with Crippen molar-refractivity contribution in [3.8, 4) is 11.5 Å². The minimum Gasteiger partial charge on any atom is -0.493 e. The van der Waals surface area contributed by atoms with Gasteiger partial charge in [-0.15, -0.1) is 0 Å². The summed E-state index contributed by atoms with van der Waals surface area (Å²) < 4.78 is 22.9. The molecule has 0 spiro atoms. The quantitative estimate of drug-likeness (QED) is 0.871. The highest BCUT2D eigenvalue weighted by atomic mass is 35.5. The van der Waals surface area contributed by atoms with E-state index < -0.39 is 17.5 Å². The number of methoxy groups -OCH3 is 2. The Kier molecular flexibility index (Phi) is 3.36. The monoisotopic (exact) mass is 234 g/mol. The summed E-state index contributed by atoms with van der Waals surface area (Å²) in [4.78, 5) is 10.7. The van der Waals surface area contributed by atoms with Crippen LogP contribution in [0.3, 0.4) is 0 Å². The largest absolute Gasteiger partial charge is 0.493 e. The number of hydrogen-bond acceptors (Lipinski definition) is 3. The fourth-order valence-corrected chi connectivity index (χ4v) is 1.40. The number of carbonyl (C=O) groups is 1. The van der Waals surface area contributed by atoms with Gasteiger partial charge in [0, 0.05) is 0 Å². The Balaban J connectivity index is 3.51. The fourth-order valence-electron chi connectivity index (χ4n) is 1.13. The van der Waals surface area contributed by atoms with E-state index in [1.807, 2.05) is 0 Å². The summed E-state index contributed by atoms with van der Waals surface area (Å²) in [5.74, 6) is -2.89. The number of carboxylic acids is 1. The molecule has 0 aliphatic rings. The van der Waals surface area contributed by atoms with Crippen LogP contribution in [0.1, 0.15) is 10.4 Å². The van der Waals surface area contributed by atoms with Crippen LogP contribution in [0.25, 0.3) is 0 Å². The van der Waals surface area contributed by atoms with E-state index in [9.17, 15) is 9.18 Å². The van der Waals surface area contributed by atoms with Gasteiger partial charge >= 0.3 is 5.97 Å². The van der Waals surface area contributed by atoms with E-state index in [0.717, 1.165) is 13.2 Å². The molecule has 4 nitrogen and oxygen atoms in total. The maximum Gasteiger partial charge on any atom is 0.339 e. The zero-order chi connectivity index (χ0) is 11.6. The molecule has 0 aliphatic heterocycles. The van der Waals surface area contributed by atoms with Crippen LogP contribution in [0.4, 0.5) is 4.39 Å². The Morgan fingerprint density at radius 2 is 1.93 bits per heavy atom. The molecule has 0 aliphatic carbocycles. The Bertz CT molecular complexity index is 406. The number of ether oxygens (including phenoxy) is 2. The van der Waals surface area contributed by atoms with Gasteiger partial charge in [-0.25, -0.2) is 4.79 Å². The SMILES string of the molecule is COc1c(Cl)cc(C(=O)O)c(OC)c1F. The Morgan fingerprint density at radius 3 is 2.33 bits per heavy atom. The van der Waals surface area contributed by atoms with E-state index in [-0.39, 0.29) is 16.3 Å². The minimum atomic E-state index is -1.32. The third-order valence-electron chi connectivity index (χ3n) is 1.77. The molecule has 0 aromatic heterocycles. The average Bonchev–Trinajstić information content (AvgIpc) is 2.17. The number of halogens is 2. The van der Waals surface area contributed by atoms with E-state index in [0.29, 0.717) is 0 Å². The molecule has 1 N–H and O–H groups in total. The first-order chi connectivity index (χ1) is 7.02. The van der Waals surface area contributed by atoms with Gasteiger partial charge in [-0.1, -0.05) is 11.6 Å². The molecule has 6 heteroatoms. The number of hydrogen-bond donors (Lipinski definition) is 1. The molecule has 0 atom stereocenters. The van der Waals surface area contributed by atoms with Crippen molar-refractivity contribution >= 4 is 17.6 Å². The summed E-state index contributed by atoms with van der Waals surface area (Å²) in [5, 5.41) is 8.65. The second-order valence-corrected chi connectivity index (χ2v) is 3.00. The average molecular weight is 235 g/mol. The Morgan fingerprint density at radius 1 is 1.40 bits per heavy atom. The van der Waals surface area contributed by atoms with Crippen LogP contribution < -0.4 is 9.47 Å². The highest BCUT2D eigenvalue weighted by molar-refractivity contribution is 6.32. The van der Waals surface area contributed by atoms with Crippen LogP contribution in [0.15, 0.2) is 6.07 Å². The molecule has 0 unspecified atom stereocenters. The minimum absolute atomic E-state index is 0.117. The summed E-state index contributed by atoms with van der Waals surface area (Å²) in [7, 11) is 2.39. The van der Waals surface area contributed by atoms with Crippen molar-refractivity contribution < 1.29 is 23.8 Å².